The highest BCUT2D eigenvalue weighted by Gasteiger charge is 2.33. The minimum atomic E-state index is -4.45. The monoisotopic (exact) mass is 352 g/mol. The maximum atomic E-state index is 12.8. The van der Waals surface area contributed by atoms with Gasteiger partial charge in [-0.05, 0) is 31.5 Å². The molecule has 1 atom stereocenters. The van der Waals surface area contributed by atoms with E-state index in [9.17, 15) is 18.0 Å². The lowest BCUT2D eigenvalue weighted by Gasteiger charge is -2.22. The molecule has 0 saturated carbocycles. The van der Waals surface area contributed by atoms with Crippen molar-refractivity contribution in [3.8, 4) is 5.75 Å². The lowest BCUT2D eigenvalue weighted by atomic mass is 9.99. The number of nitrogens with one attached hydrogen (secondary N) is 2. The number of benzene rings is 1. The molecule has 0 spiro atoms. The van der Waals surface area contributed by atoms with E-state index in [0.717, 1.165) is 25.5 Å². The zero-order chi connectivity index (χ0) is 16.0. The fourth-order valence-corrected chi connectivity index (χ4v) is 2.38. The summed E-state index contributed by atoms with van der Waals surface area (Å²) in [5.41, 5.74) is -0.808. The fourth-order valence-electron chi connectivity index (χ4n) is 2.38. The third-order valence-corrected chi connectivity index (χ3v) is 3.52. The Morgan fingerprint density at radius 2 is 2.09 bits per heavy atom. The second-order valence-corrected chi connectivity index (χ2v) is 5.18. The number of alkyl halides is 3. The number of piperidine rings is 1. The number of ether oxygens (including phenoxy) is 1. The van der Waals surface area contributed by atoms with E-state index in [0.29, 0.717) is 6.54 Å². The SMILES string of the molecule is Cl.O=C(NCCOc1ccccc1C(F)(F)F)C1CCCNC1. The Morgan fingerprint density at radius 1 is 1.35 bits per heavy atom. The minimum Gasteiger partial charge on any atom is -0.491 e. The molecule has 0 aliphatic carbocycles. The number of para-hydroxylation sites is 1. The summed E-state index contributed by atoms with van der Waals surface area (Å²) in [7, 11) is 0. The summed E-state index contributed by atoms with van der Waals surface area (Å²) in [6.45, 7) is 1.74. The molecule has 2 N–H and O–H groups in total. The molecule has 130 valence electrons. The number of carbonyl (C=O) groups is 1. The van der Waals surface area contributed by atoms with Gasteiger partial charge in [-0.3, -0.25) is 4.79 Å². The summed E-state index contributed by atoms with van der Waals surface area (Å²) in [6.07, 6.45) is -2.67. The number of hydrogen-bond donors (Lipinski definition) is 2. The Balaban J connectivity index is 0.00000264. The van der Waals surface area contributed by atoms with Crippen LogP contribution in [0, 0.1) is 5.92 Å². The molecule has 0 aromatic heterocycles. The molecule has 8 heteroatoms. The van der Waals surface area contributed by atoms with Gasteiger partial charge in [0.1, 0.15) is 12.4 Å². The van der Waals surface area contributed by atoms with Gasteiger partial charge in [0, 0.05) is 6.54 Å². The first-order valence-corrected chi connectivity index (χ1v) is 7.26. The smallest absolute Gasteiger partial charge is 0.419 e. The van der Waals surface area contributed by atoms with Gasteiger partial charge in [-0.1, -0.05) is 12.1 Å². The molecule has 1 heterocycles. The third-order valence-electron chi connectivity index (χ3n) is 3.52. The number of halogens is 4. The maximum absolute atomic E-state index is 12.8. The van der Waals surface area contributed by atoms with Crippen molar-refractivity contribution in [2.24, 2.45) is 5.92 Å². The largest absolute Gasteiger partial charge is 0.491 e. The van der Waals surface area contributed by atoms with Crippen LogP contribution in [-0.4, -0.2) is 32.1 Å². The van der Waals surface area contributed by atoms with E-state index in [1.165, 1.54) is 18.2 Å². The van der Waals surface area contributed by atoms with Gasteiger partial charge >= 0.3 is 6.18 Å². The van der Waals surface area contributed by atoms with E-state index in [2.05, 4.69) is 10.6 Å². The van der Waals surface area contributed by atoms with Crippen molar-refractivity contribution in [1.82, 2.24) is 10.6 Å². The molecule has 1 saturated heterocycles. The molecular formula is C15H20ClF3N2O2. The molecule has 4 nitrogen and oxygen atoms in total. The summed E-state index contributed by atoms with van der Waals surface area (Å²) in [5, 5.41) is 5.83. The fraction of sp³-hybridized carbons (Fsp3) is 0.533. The second-order valence-electron chi connectivity index (χ2n) is 5.18. The second kappa shape index (κ2) is 8.98. The van der Waals surface area contributed by atoms with Crippen molar-refractivity contribution in [2.45, 2.75) is 19.0 Å². The standard InChI is InChI=1S/C15H19F3N2O2.ClH/c16-15(17,18)12-5-1-2-6-13(12)22-9-8-20-14(21)11-4-3-7-19-10-11;/h1-2,5-6,11,19H,3-4,7-10H2,(H,20,21);1H. The summed E-state index contributed by atoms with van der Waals surface area (Å²) in [4.78, 5) is 11.8. The highest BCUT2D eigenvalue weighted by molar-refractivity contribution is 5.85. The van der Waals surface area contributed by atoms with E-state index < -0.39 is 11.7 Å². The van der Waals surface area contributed by atoms with Crippen molar-refractivity contribution in [3.05, 3.63) is 29.8 Å². The van der Waals surface area contributed by atoms with Crippen LogP contribution in [0.1, 0.15) is 18.4 Å². The van der Waals surface area contributed by atoms with E-state index >= 15 is 0 Å². The van der Waals surface area contributed by atoms with Crippen molar-refractivity contribution >= 4 is 18.3 Å². The molecule has 2 rings (SSSR count). The van der Waals surface area contributed by atoms with Crippen LogP contribution in [0.15, 0.2) is 24.3 Å². The predicted molar refractivity (Wildman–Crippen MR) is 82.8 cm³/mol. The molecule has 1 unspecified atom stereocenters. The van der Waals surface area contributed by atoms with Crippen LogP contribution in [-0.2, 0) is 11.0 Å². The Morgan fingerprint density at radius 3 is 2.74 bits per heavy atom. The van der Waals surface area contributed by atoms with Crippen LogP contribution in [0.3, 0.4) is 0 Å². The Kier molecular flexibility index (Phi) is 7.64. The zero-order valence-electron chi connectivity index (χ0n) is 12.5. The molecule has 0 bridgehead atoms. The molecular weight excluding hydrogens is 333 g/mol. The van der Waals surface area contributed by atoms with Gasteiger partial charge in [-0.25, -0.2) is 0 Å². The van der Waals surface area contributed by atoms with Crippen LogP contribution in [0.2, 0.25) is 0 Å². The van der Waals surface area contributed by atoms with Crippen LogP contribution in [0.4, 0.5) is 13.2 Å². The van der Waals surface area contributed by atoms with Crippen LogP contribution < -0.4 is 15.4 Å². The zero-order valence-corrected chi connectivity index (χ0v) is 13.3. The van der Waals surface area contributed by atoms with Crippen LogP contribution in [0.5, 0.6) is 5.75 Å². The van der Waals surface area contributed by atoms with Crippen molar-refractivity contribution < 1.29 is 22.7 Å². The van der Waals surface area contributed by atoms with E-state index in [1.54, 1.807) is 0 Å². The average molecular weight is 353 g/mol. The highest BCUT2D eigenvalue weighted by atomic mass is 35.5. The van der Waals surface area contributed by atoms with Gasteiger partial charge in [0.05, 0.1) is 18.0 Å². The lowest BCUT2D eigenvalue weighted by Crippen LogP contribution is -2.41. The lowest BCUT2D eigenvalue weighted by molar-refractivity contribution is -0.139. The van der Waals surface area contributed by atoms with Crippen LogP contribution in [0.25, 0.3) is 0 Å². The molecule has 1 aromatic rings. The molecule has 1 amide bonds. The topological polar surface area (TPSA) is 50.4 Å². The van der Waals surface area contributed by atoms with Gasteiger partial charge < -0.3 is 15.4 Å². The normalized spacial score (nSPS) is 18.0. The third kappa shape index (κ3) is 5.91. The highest BCUT2D eigenvalue weighted by Crippen LogP contribution is 2.35. The predicted octanol–water partition coefficient (Wildman–Crippen LogP) is 2.62. The molecule has 1 aromatic carbocycles. The quantitative estimate of drug-likeness (QED) is 0.801. The first kappa shape index (κ1) is 19.6. The molecule has 1 fully saturated rings. The number of rotatable bonds is 5. The summed E-state index contributed by atoms with van der Waals surface area (Å²) >= 11 is 0. The van der Waals surface area contributed by atoms with E-state index in [-0.39, 0.29) is 43.1 Å². The first-order valence-electron chi connectivity index (χ1n) is 7.26. The summed E-state index contributed by atoms with van der Waals surface area (Å²) in [5.74, 6) is -0.375. The van der Waals surface area contributed by atoms with Crippen molar-refractivity contribution in [3.63, 3.8) is 0 Å². The van der Waals surface area contributed by atoms with E-state index in [1.807, 2.05) is 0 Å². The first-order chi connectivity index (χ1) is 10.5. The Hall–Kier alpha value is -1.47. The Labute approximate surface area is 139 Å². The number of hydrogen-bond acceptors (Lipinski definition) is 3. The number of amides is 1. The minimum absolute atomic E-state index is 0. The van der Waals surface area contributed by atoms with Crippen molar-refractivity contribution in [2.75, 3.05) is 26.2 Å². The summed E-state index contributed by atoms with van der Waals surface area (Å²) in [6, 6.07) is 5.04. The van der Waals surface area contributed by atoms with Gasteiger partial charge in [-0.15, -0.1) is 12.4 Å². The maximum Gasteiger partial charge on any atom is 0.419 e. The van der Waals surface area contributed by atoms with Gasteiger partial charge in [0.2, 0.25) is 5.91 Å². The molecule has 23 heavy (non-hydrogen) atoms. The van der Waals surface area contributed by atoms with Gasteiger partial charge in [-0.2, -0.15) is 13.2 Å². The van der Waals surface area contributed by atoms with Crippen molar-refractivity contribution in [1.29, 1.82) is 0 Å². The molecule has 1 aliphatic rings. The number of carbonyl (C=O) groups excluding carboxylic acids is 1. The van der Waals surface area contributed by atoms with Gasteiger partial charge in [0.25, 0.3) is 0 Å². The van der Waals surface area contributed by atoms with Gasteiger partial charge in [0.15, 0.2) is 0 Å². The average Bonchev–Trinajstić information content (AvgIpc) is 2.51. The Bertz CT molecular complexity index is 506. The summed E-state index contributed by atoms with van der Waals surface area (Å²) < 4.78 is 43.5. The van der Waals surface area contributed by atoms with Crippen LogP contribution >= 0.6 is 12.4 Å². The van der Waals surface area contributed by atoms with E-state index in [4.69, 9.17) is 4.74 Å². The molecule has 1 aliphatic heterocycles. The molecule has 0 radical (unpaired) electrons.